The van der Waals surface area contributed by atoms with Gasteiger partial charge in [0.1, 0.15) is 5.75 Å². The van der Waals surface area contributed by atoms with Crippen LogP contribution in [0.5, 0.6) is 5.75 Å². The fourth-order valence-electron chi connectivity index (χ4n) is 1.85. The smallest absolute Gasteiger partial charge is 0.264 e. The number of thiocarbonyl (C=S) groups is 1. The van der Waals surface area contributed by atoms with Crippen molar-refractivity contribution in [3.63, 3.8) is 0 Å². The molecule has 23 heavy (non-hydrogen) atoms. The number of amides is 1. The second kappa shape index (κ2) is 7.94. The quantitative estimate of drug-likeness (QED) is 0.824. The zero-order chi connectivity index (χ0) is 16.8. The van der Waals surface area contributed by atoms with E-state index in [9.17, 15) is 4.79 Å². The summed E-state index contributed by atoms with van der Waals surface area (Å²) in [5, 5.41) is 6.21. The van der Waals surface area contributed by atoms with Crippen LogP contribution in [0, 0.1) is 13.8 Å². The van der Waals surface area contributed by atoms with Gasteiger partial charge in [-0.3, -0.25) is 10.1 Å². The standard InChI is InChI=1S/C17H17ClN2O2S/c1-11-7-8-13(9-12(11)2)19-17(23)20-16(21)10-22-15-6-4-3-5-14(15)18/h3-9H,10H2,1-2H3,(H2,19,20,21,23). The Labute approximate surface area is 145 Å². The average Bonchev–Trinajstić information content (AvgIpc) is 2.50. The van der Waals surface area contributed by atoms with Gasteiger partial charge in [-0.1, -0.05) is 29.8 Å². The largest absolute Gasteiger partial charge is 0.482 e. The highest BCUT2D eigenvalue weighted by molar-refractivity contribution is 7.80. The Morgan fingerprint density at radius 2 is 1.91 bits per heavy atom. The van der Waals surface area contributed by atoms with Crippen molar-refractivity contribution in [2.24, 2.45) is 0 Å². The van der Waals surface area contributed by atoms with Gasteiger partial charge in [0.15, 0.2) is 11.7 Å². The van der Waals surface area contributed by atoms with Crippen molar-refractivity contribution < 1.29 is 9.53 Å². The SMILES string of the molecule is Cc1ccc(NC(=S)NC(=O)COc2ccccc2Cl)cc1C. The summed E-state index contributed by atoms with van der Waals surface area (Å²) in [6.45, 7) is 3.88. The van der Waals surface area contributed by atoms with Crippen LogP contribution in [0.3, 0.4) is 0 Å². The summed E-state index contributed by atoms with van der Waals surface area (Å²) >= 11 is 11.1. The number of benzene rings is 2. The zero-order valence-electron chi connectivity index (χ0n) is 12.9. The van der Waals surface area contributed by atoms with E-state index in [1.165, 1.54) is 5.56 Å². The van der Waals surface area contributed by atoms with Crippen molar-refractivity contribution >= 4 is 40.5 Å². The van der Waals surface area contributed by atoms with Gasteiger partial charge in [-0.05, 0) is 61.5 Å². The van der Waals surface area contributed by atoms with Crippen LogP contribution < -0.4 is 15.4 Å². The highest BCUT2D eigenvalue weighted by atomic mass is 35.5. The summed E-state index contributed by atoms with van der Waals surface area (Å²) in [5.74, 6) is 0.101. The number of carbonyl (C=O) groups is 1. The van der Waals surface area contributed by atoms with Gasteiger partial charge in [-0.15, -0.1) is 0 Å². The Kier molecular flexibility index (Phi) is 5.96. The minimum atomic E-state index is -0.355. The minimum Gasteiger partial charge on any atom is -0.482 e. The zero-order valence-corrected chi connectivity index (χ0v) is 14.4. The molecular formula is C17H17ClN2O2S. The summed E-state index contributed by atoms with van der Waals surface area (Å²) in [6, 6.07) is 12.8. The van der Waals surface area contributed by atoms with E-state index < -0.39 is 0 Å². The fourth-order valence-corrected chi connectivity index (χ4v) is 2.27. The number of carbonyl (C=O) groups excluding carboxylic acids is 1. The minimum absolute atomic E-state index is 0.168. The third kappa shape index (κ3) is 5.23. The molecule has 0 saturated heterocycles. The molecule has 0 atom stereocenters. The maximum atomic E-state index is 11.8. The summed E-state index contributed by atoms with van der Waals surface area (Å²) < 4.78 is 5.35. The number of hydrogen-bond donors (Lipinski definition) is 2. The Bertz CT molecular complexity index is 734. The highest BCUT2D eigenvalue weighted by Crippen LogP contribution is 2.22. The molecule has 0 aliphatic carbocycles. The van der Waals surface area contributed by atoms with Crippen LogP contribution in [0.1, 0.15) is 11.1 Å². The number of rotatable bonds is 4. The predicted molar refractivity (Wildman–Crippen MR) is 97.2 cm³/mol. The Balaban J connectivity index is 1.84. The molecule has 0 aromatic heterocycles. The number of ether oxygens (including phenoxy) is 1. The fraction of sp³-hybridized carbons (Fsp3) is 0.176. The lowest BCUT2D eigenvalue weighted by Gasteiger charge is -2.12. The number of hydrogen-bond acceptors (Lipinski definition) is 3. The van der Waals surface area contributed by atoms with Crippen LogP contribution >= 0.6 is 23.8 Å². The molecule has 120 valence electrons. The van der Waals surface area contributed by atoms with Gasteiger partial charge in [-0.25, -0.2) is 0 Å². The molecular weight excluding hydrogens is 332 g/mol. The molecule has 0 aliphatic heterocycles. The normalized spacial score (nSPS) is 10.0. The van der Waals surface area contributed by atoms with Crippen LogP contribution in [0.25, 0.3) is 0 Å². The van der Waals surface area contributed by atoms with Crippen LogP contribution in [0.15, 0.2) is 42.5 Å². The molecule has 6 heteroatoms. The first-order valence-corrected chi connectivity index (χ1v) is 7.80. The molecule has 0 spiro atoms. The predicted octanol–water partition coefficient (Wildman–Crippen LogP) is 3.85. The number of halogens is 1. The molecule has 1 amide bonds. The number of aryl methyl sites for hydroxylation is 2. The lowest BCUT2D eigenvalue weighted by Crippen LogP contribution is -2.37. The van der Waals surface area contributed by atoms with Crippen molar-refractivity contribution in [1.29, 1.82) is 0 Å². The molecule has 2 rings (SSSR count). The third-order valence-electron chi connectivity index (χ3n) is 3.21. The second-order valence-corrected chi connectivity index (χ2v) is 5.84. The van der Waals surface area contributed by atoms with Gasteiger partial charge < -0.3 is 10.1 Å². The first kappa shape index (κ1) is 17.2. The van der Waals surface area contributed by atoms with E-state index in [-0.39, 0.29) is 17.6 Å². The molecule has 0 radical (unpaired) electrons. The summed E-state index contributed by atoms with van der Waals surface area (Å²) in [4.78, 5) is 11.8. The molecule has 0 saturated carbocycles. The van der Waals surface area contributed by atoms with E-state index in [1.807, 2.05) is 32.0 Å². The molecule has 0 unspecified atom stereocenters. The maximum absolute atomic E-state index is 11.8. The molecule has 4 nitrogen and oxygen atoms in total. The first-order valence-electron chi connectivity index (χ1n) is 7.01. The Hall–Kier alpha value is -2.11. The van der Waals surface area contributed by atoms with E-state index >= 15 is 0 Å². The highest BCUT2D eigenvalue weighted by Gasteiger charge is 2.08. The molecule has 2 N–H and O–H groups in total. The van der Waals surface area contributed by atoms with Crippen molar-refractivity contribution in [3.8, 4) is 5.75 Å². The van der Waals surface area contributed by atoms with E-state index in [0.29, 0.717) is 10.8 Å². The average molecular weight is 349 g/mol. The maximum Gasteiger partial charge on any atom is 0.264 e. The first-order chi connectivity index (χ1) is 11.0. The van der Waals surface area contributed by atoms with Crippen molar-refractivity contribution in [2.75, 3.05) is 11.9 Å². The second-order valence-electron chi connectivity index (χ2n) is 5.02. The van der Waals surface area contributed by atoms with E-state index in [2.05, 4.69) is 10.6 Å². The van der Waals surface area contributed by atoms with E-state index in [1.54, 1.807) is 24.3 Å². The molecule has 0 aliphatic rings. The van der Waals surface area contributed by atoms with E-state index in [0.717, 1.165) is 11.3 Å². The third-order valence-corrected chi connectivity index (χ3v) is 3.73. The van der Waals surface area contributed by atoms with Gasteiger partial charge in [0.25, 0.3) is 5.91 Å². The van der Waals surface area contributed by atoms with Crippen LogP contribution in [0.4, 0.5) is 5.69 Å². The van der Waals surface area contributed by atoms with Gasteiger partial charge in [0, 0.05) is 5.69 Å². The van der Waals surface area contributed by atoms with E-state index in [4.69, 9.17) is 28.6 Å². The van der Waals surface area contributed by atoms with Crippen molar-refractivity contribution in [1.82, 2.24) is 5.32 Å². The monoisotopic (exact) mass is 348 g/mol. The number of nitrogens with one attached hydrogen (secondary N) is 2. The number of para-hydroxylation sites is 1. The molecule has 0 heterocycles. The number of anilines is 1. The molecule has 0 bridgehead atoms. The summed E-state index contributed by atoms with van der Waals surface area (Å²) in [6.07, 6.45) is 0. The molecule has 0 fully saturated rings. The summed E-state index contributed by atoms with van der Waals surface area (Å²) in [5.41, 5.74) is 3.16. The van der Waals surface area contributed by atoms with Gasteiger partial charge in [0.05, 0.1) is 5.02 Å². The summed E-state index contributed by atoms with van der Waals surface area (Å²) in [7, 11) is 0. The van der Waals surface area contributed by atoms with Gasteiger partial charge in [-0.2, -0.15) is 0 Å². The Morgan fingerprint density at radius 3 is 2.61 bits per heavy atom. The van der Waals surface area contributed by atoms with Crippen molar-refractivity contribution in [2.45, 2.75) is 13.8 Å². The molecule has 2 aromatic carbocycles. The lowest BCUT2D eigenvalue weighted by atomic mass is 10.1. The lowest BCUT2D eigenvalue weighted by molar-refractivity contribution is -0.121. The Morgan fingerprint density at radius 1 is 1.17 bits per heavy atom. The molecule has 2 aromatic rings. The topological polar surface area (TPSA) is 50.4 Å². The van der Waals surface area contributed by atoms with Gasteiger partial charge in [0.2, 0.25) is 0 Å². The van der Waals surface area contributed by atoms with Crippen LogP contribution in [0.2, 0.25) is 5.02 Å². The van der Waals surface area contributed by atoms with Crippen molar-refractivity contribution in [3.05, 3.63) is 58.6 Å². The van der Waals surface area contributed by atoms with Gasteiger partial charge >= 0.3 is 0 Å². The van der Waals surface area contributed by atoms with Crippen LogP contribution in [-0.4, -0.2) is 17.6 Å². The van der Waals surface area contributed by atoms with Crippen LogP contribution in [-0.2, 0) is 4.79 Å².